The molecule has 2 fully saturated rings. The van der Waals surface area contributed by atoms with E-state index in [9.17, 15) is 4.79 Å². The van der Waals surface area contributed by atoms with Crippen molar-refractivity contribution < 1.29 is 4.79 Å². The number of nitrogens with zero attached hydrogens (tertiary/aromatic N) is 1. The van der Waals surface area contributed by atoms with Crippen LogP contribution in [0.3, 0.4) is 0 Å². The summed E-state index contributed by atoms with van der Waals surface area (Å²) in [5, 5.41) is 15.0. The highest BCUT2D eigenvalue weighted by atomic mass is 35.5. The molecule has 0 saturated carbocycles. The molecule has 2 aromatic rings. The molecular formula is C27H35Cl2N5O. The molecule has 0 spiro atoms. The zero-order chi connectivity index (χ0) is 24.6. The second-order valence-electron chi connectivity index (χ2n) is 9.20. The number of rotatable bonds is 9. The van der Waals surface area contributed by atoms with Crippen LogP contribution in [0.5, 0.6) is 0 Å². The van der Waals surface area contributed by atoms with Crippen LogP contribution in [-0.2, 0) is 6.42 Å². The van der Waals surface area contributed by atoms with Crippen LogP contribution in [0.25, 0.3) is 0 Å². The van der Waals surface area contributed by atoms with Crippen molar-refractivity contribution >= 4 is 34.8 Å². The molecule has 2 aliphatic heterocycles. The Bertz CT molecular complexity index is 1020. The van der Waals surface area contributed by atoms with Crippen LogP contribution in [0, 0.1) is 0 Å². The smallest absolute Gasteiger partial charge is 0.251 e. The van der Waals surface area contributed by atoms with Gasteiger partial charge in [0.25, 0.3) is 5.91 Å². The standard InChI is InChI=1S/C27H35Cl2N5O/c1-2-22-18-34(15-14-31-22)26(17-24-4-3-12-30-24)33-23-9-6-20(7-10-23)27(35)32-13-11-19-5-8-21(28)16-25(19)29/h5-10,16-17,22,24,30-31,33H,2-4,11-15,18H2,1H3,(H,32,35)/b26-17-/t22-,24?/m0/s1. The van der Waals surface area contributed by atoms with Crippen LogP contribution in [0.15, 0.2) is 54.4 Å². The number of carbonyl (C=O) groups is 1. The molecule has 2 atom stereocenters. The Labute approximate surface area is 218 Å². The first-order valence-corrected chi connectivity index (χ1v) is 13.3. The maximum absolute atomic E-state index is 12.6. The summed E-state index contributed by atoms with van der Waals surface area (Å²) in [7, 11) is 0. The number of nitrogens with one attached hydrogen (secondary N) is 4. The molecule has 188 valence electrons. The van der Waals surface area contributed by atoms with Crippen LogP contribution in [0.4, 0.5) is 5.69 Å². The fraction of sp³-hybridized carbons (Fsp3) is 0.444. The van der Waals surface area contributed by atoms with E-state index in [-0.39, 0.29) is 5.91 Å². The van der Waals surface area contributed by atoms with Gasteiger partial charge in [-0.1, -0.05) is 36.2 Å². The van der Waals surface area contributed by atoms with Gasteiger partial charge in [-0.15, -0.1) is 0 Å². The van der Waals surface area contributed by atoms with Gasteiger partial charge in [-0.25, -0.2) is 0 Å². The van der Waals surface area contributed by atoms with Gasteiger partial charge >= 0.3 is 0 Å². The van der Waals surface area contributed by atoms with E-state index in [0.717, 1.165) is 56.1 Å². The molecule has 1 amide bonds. The Morgan fingerprint density at radius 3 is 2.69 bits per heavy atom. The van der Waals surface area contributed by atoms with Crippen molar-refractivity contribution in [2.45, 2.75) is 44.7 Å². The fourth-order valence-electron chi connectivity index (χ4n) is 4.58. The van der Waals surface area contributed by atoms with Crippen molar-refractivity contribution in [2.75, 3.05) is 38.0 Å². The average molecular weight is 517 g/mol. The van der Waals surface area contributed by atoms with Gasteiger partial charge in [0.2, 0.25) is 0 Å². The summed E-state index contributed by atoms with van der Waals surface area (Å²) < 4.78 is 0. The molecule has 6 nitrogen and oxygen atoms in total. The zero-order valence-electron chi connectivity index (χ0n) is 20.2. The minimum Gasteiger partial charge on any atom is -0.356 e. The highest BCUT2D eigenvalue weighted by molar-refractivity contribution is 6.35. The molecule has 4 N–H and O–H groups in total. The van der Waals surface area contributed by atoms with E-state index in [1.165, 1.54) is 6.42 Å². The summed E-state index contributed by atoms with van der Waals surface area (Å²) >= 11 is 12.2. The third kappa shape index (κ3) is 7.37. The van der Waals surface area contributed by atoms with Gasteiger partial charge in [0, 0.05) is 59.6 Å². The minimum atomic E-state index is -0.0968. The Hall–Kier alpha value is -2.25. The van der Waals surface area contributed by atoms with Crippen molar-refractivity contribution in [3.63, 3.8) is 0 Å². The molecule has 2 aliphatic rings. The Balaban J connectivity index is 1.36. The first-order chi connectivity index (χ1) is 17.0. The first-order valence-electron chi connectivity index (χ1n) is 12.5. The maximum atomic E-state index is 12.6. The molecule has 2 saturated heterocycles. The van der Waals surface area contributed by atoms with Gasteiger partial charge in [0.05, 0.1) is 0 Å². The highest BCUT2D eigenvalue weighted by Crippen LogP contribution is 2.22. The molecular weight excluding hydrogens is 481 g/mol. The molecule has 2 aromatic carbocycles. The number of anilines is 1. The second kappa shape index (κ2) is 12.6. The minimum absolute atomic E-state index is 0.0968. The van der Waals surface area contributed by atoms with Crippen LogP contribution in [-0.4, -0.2) is 55.6 Å². The third-order valence-electron chi connectivity index (χ3n) is 6.66. The van der Waals surface area contributed by atoms with E-state index < -0.39 is 0 Å². The molecule has 35 heavy (non-hydrogen) atoms. The highest BCUT2D eigenvalue weighted by Gasteiger charge is 2.22. The van der Waals surface area contributed by atoms with Crippen LogP contribution < -0.4 is 21.3 Å². The van der Waals surface area contributed by atoms with Crippen molar-refractivity contribution in [2.24, 2.45) is 0 Å². The molecule has 8 heteroatoms. The topological polar surface area (TPSA) is 68.4 Å². The van der Waals surface area contributed by atoms with Gasteiger partial charge in [0.15, 0.2) is 0 Å². The predicted molar refractivity (Wildman–Crippen MR) is 145 cm³/mol. The van der Waals surface area contributed by atoms with Crippen molar-refractivity contribution in [1.29, 1.82) is 0 Å². The predicted octanol–water partition coefficient (Wildman–Crippen LogP) is 4.66. The number of carbonyl (C=O) groups excluding carboxylic acids is 1. The summed E-state index contributed by atoms with van der Waals surface area (Å²) in [6.45, 7) is 6.74. The SMILES string of the molecule is CC[C@H]1CN(/C(=C\C2CCCN2)Nc2ccc(C(=O)NCCc3ccc(Cl)cc3Cl)cc2)CCN1. The van der Waals surface area contributed by atoms with Gasteiger partial charge in [-0.05, 0) is 80.3 Å². The van der Waals surface area contributed by atoms with Crippen LogP contribution in [0.2, 0.25) is 10.0 Å². The number of benzene rings is 2. The Kier molecular flexibility index (Phi) is 9.32. The number of piperazine rings is 1. The lowest BCUT2D eigenvalue weighted by molar-refractivity contribution is 0.0954. The molecule has 0 bridgehead atoms. The molecule has 1 unspecified atom stereocenters. The Morgan fingerprint density at radius 1 is 1.14 bits per heavy atom. The summed E-state index contributed by atoms with van der Waals surface area (Å²) in [5.41, 5.74) is 2.57. The average Bonchev–Trinajstić information content (AvgIpc) is 3.38. The second-order valence-corrected chi connectivity index (χ2v) is 10.0. The fourth-order valence-corrected chi connectivity index (χ4v) is 5.08. The van der Waals surface area contributed by atoms with E-state index in [1.807, 2.05) is 36.4 Å². The molecule has 0 aliphatic carbocycles. The zero-order valence-corrected chi connectivity index (χ0v) is 21.8. The lowest BCUT2D eigenvalue weighted by Gasteiger charge is -2.37. The Morgan fingerprint density at radius 2 is 1.97 bits per heavy atom. The van der Waals surface area contributed by atoms with Crippen molar-refractivity contribution in [3.8, 4) is 0 Å². The number of halogens is 2. The summed E-state index contributed by atoms with van der Waals surface area (Å²) in [4.78, 5) is 15.1. The molecule has 0 aromatic heterocycles. The van der Waals surface area contributed by atoms with Gasteiger partial charge in [-0.2, -0.15) is 0 Å². The number of amides is 1. The van der Waals surface area contributed by atoms with Gasteiger partial charge in [0.1, 0.15) is 5.82 Å². The number of hydrogen-bond donors (Lipinski definition) is 4. The first kappa shape index (κ1) is 25.8. The van der Waals surface area contributed by atoms with Gasteiger partial charge < -0.3 is 26.2 Å². The maximum Gasteiger partial charge on any atom is 0.251 e. The van der Waals surface area contributed by atoms with E-state index in [1.54, 1.807) is 6.07 Å². The molecule has 4 rings (SSSR count). The molecule has 0 radical (unpaired) electrons. The van der Waals surface area contributed by atoms with Crippen molar-refractivity contribution in [3.05, 3.63) is 75.5 Å². The van der Waals surface area contributed by atoms with E-state index in [2.05, 4.69) is 39.2 Å². The summed E-state index contributed by atoms with van der Waals surface area (Å²) in [6, 6.07) is 14.0. The normalized spacial score (nSPS) is 20.7. The largest absolute Gasteiger partial charge is 0.356 e. The van der Waals surface area contributed by atoms with Gasteiger partial charge in [-0.3, -0.25) is 4.79 Å². The lowest BCUT2D eigenvalue weighted by atomic mass is 10.1. The number of hydrogen-bond acceptors (Lipinski definition) is 5. The molecule has 2 heterocycles. The van der Waals surface area contributed by atoms with Crippen LogP contribution >= 0.6 is 23.2 Å². The van der Waals surface area contributed by atoms with E-state index >= 15 is 0 Å². The summed E-state index contributed by atoms with van der Waals surface area (Å²) in [5.74, 6) is 1.04. The third-order valence-corrected chi connectivity index (χ3v) is 7.25. The van der Waals surface area contributed by atoms with Crippen molar-refractivity contribution in [1.82, 2.24) is 20.9 Å². The quantitative estimate of drug-likeness (QED) is 0.391. The van der Waals surface area contributed by atoms with Crippen LogP contribution in [0.1, 0.15) is 42.1 Å². The van der Waals surface area contributed by atoms with E-state index in [4.69, 9.17) is 23.2 Å². The monoisotopic (exact) mass is 515 g/mol. The lowest BCUT2D eigenvalue weighted by Crippen LogP contribution is -2.50. The van der Waals surface area contributed by atoms with E-state index in [0.29, 0.717) is 40.7 Å². The summed E-state index contributed by atoms with van der Waals surface area (Å²) in [6.07, 6.45) is 6.46.